The molecule has 1 unspecified atom stereocenters. The van der Waals surface area contributed by atoms with Crippen LogP contribution >= 0.6 is 11.3 Å². The van der Waals surface area contributed by atoms with Gasteiger partial charge in [0.2, 0.25) is 0 Å². The number of nitrogens with zero attached hydrogens (tertiary/aromatic N) is 1. The lowest BCUT2D eigenvalue weighted by Crippen LogP contribution is -2.27. The van der Waals surface area contributed by atoms with E-state index in [0.717, 1.165) is 57.4 Å². The molecule has 0 spiro atoms. The number of ketones is 1. The number of carbonyl (C=O) groups excluding carboxylic acids is 1. The van der Waals surface area contributed by atoms with E-state index in [2.05, 4.69) is 0 Å². The molecule has 3 aromatic rings. The zero-order valence-corrected chi connectivity index (χ0v) is 19.9. The van der Waals surface area contributed by atoms with Crippen LogP contribution in [0, 0.1) is 6.92 Å². The first kappa shape index (κ1) is 22.1. The predicted molar refractivity (Wildman–Crippen MR) is 127 cm³/mol. The van der Waals surface area contributed by atoms with Gasteiger partial charge < -0.3 is 9.84 Å². The van der Waals surface area contributed by atoms with Crippen LogP contribution in [0.2, 0.25) is 0 Å². The maximum atomic E-state index is 12.9. The zero-order valence-electron chi connectivity index (χ0n) is 19.0. The van der Waals surface area contributed by atoms with E-state index >= 15 is 0 Å². The van der Waals surface area contributed by atoms with Crippen LogP contribution in [-0.4, -0.2) is 21.5 Å². The number of fused-ring (bicyclic) bond motifs is 3. The summed E-state index contributed by atoms with van der Waals surface area (Å²) in [5.41, 5.74) is 5.35. The van der Waals surface area contributed by atoms with Crippen LogP contribution < -0.4 is 0 Å². The van der Waals surface area contributed by atoms with Crippen LogP contribution in [0.3, 0.4) is 0 Å². The molecule has 0 fully saturated rings. The fraction of sp³-hybridized carbons (Fsp3) is 0.462. The number of rotatable bonds is 5. The van der Waals surface area contributed by atoms with Crippen molar-refractivity contribution in [1.82, 2.24) is 4.98 Å². The van der Waals surface area contributed by atoms with Gasteiger partial charge in [-0.1, -0.05) is 24.3 Å². The Morgan fingerprint density at radius 2 is 1.94 bits per heavy atom. The topological polar surface area (TPSA) is 59.4 Å². The summed E-state index contributed by atoms with van der Waals surface area (Å²) in [5.74, 6) is -0.0361. The van der Waals surface area contributed by atoms with E-state index in [0.29, 0.717) is 0 Å². The van der Waals surface area contributed by atoms with Crippen molar-refractivity contribution in [2.24, 2.45) is 0 Å². The standard InChI is InChI=1S/C26H31NO3S/c1-15-21(24(16(2)29)30-26(3,4)5)22(18-11-7-6-10-17(18)14-28)23-19-12-8-9-13-20(19)31-25(23)27-15/h6-7,10-11,24,28H,8-9,12-14H2,1-5H3. The highest BCUT2D eigenvalue weighted by molar-refractivity contribution is 7.19. The maximum Gasteiger partial charge on any atom is 0.163 e. The highest BCUT2D eigenvalue weighted by Crippen LogP contribution is 2.46. The predicted octanol–water partition coefficient (Wildman–Crippen LogP) is 6.09. The SMILES string of the molecule is CC(=O)C(OC(C)(C)C)c1c(C)nc2sc3c(c2c1-c1ccccc1CO)CCCC3. The van der Waals surface area contributed by atoms with Crippen LogP contribution in [0.25, 0.3) is 21.3 Å². The zero-order chi connectivity index (χ0) is 22.3. The fourth-order valence-electron chi connectivity index (χ4n) is 4.62. The highest BCUT2D eigenvalue weighted by Gasteiger charge is 2.32. The van der Waals surface area contributed by atoms with Crippen molar-refractivity contribution in [1.29, 1.82) is 0 Å². The Hall–Kier alpha value is -2.08. The van der Waals surface area contributed by atoms with Crippen LogP contribution in [0.15, 0.2) is 24.3 Å². The molecule has 0 aliphatic heterocycles. The molecule has 1 aliphatic carbocycles. The highest BCUT2D eigenvalue weighted by atomic mass is 32.1. The molecule has 5 heteroatoms. The number of aliphatic hydroxyl groups excluding tert-OH is 1. The van der Waals surface area contributed by atoms with Gasteiger partial charge in [-0.3, -0.25) is 4.79 Å². The Morgan fingerprint density at radius 1 is 1.23 bits per heavy atom. The second-order valence-electron chi connectivity index (χ2n) is 9.41. The van der Waals surface area contributed by atoms with Crippen LogP contribution in [-0.2, 0) is 29.0 Å². The molecule has 4 rings (SSSR count). The van der Waals surface area contributed by atoms with Gasteiger partial charge in [0.25, 0.3) is 0 Å². The summed E-state index contributed by atoms with van der Waals surface area (Å²) in [7, 11) is 0. The molecule has 4 nitrogen and oxygen atoms in total. The molecule has 0 radical (unpaired) electrons. The Morgan fingerprint density at radius 3 is 2.61 bits per heavy atom. The molecule has 0 saturated heterocycles. The van der Waals surface area contributed by atoms with Gasteiger partial charge in [0, 0.05) is 27.1 Å². The summed E-state index contributed by atoms with van der Waals surface area (Å²) < 4.78 is 6.32. The number of hydrogen-bond donors (Lipinski definition) is 1. The second kappa shape index (κ2) is 8.45. The van der Waals surface area contributed by atoms with Gasteiger partial charge in [-0.05, 0) is 77.0 Å². The van der Waals surface area contributed by atoms with Crippen molar-refractivity contribution in [3.8, 4) is 11.1 Å². The average molecular weight is 438 g/mol. The van der Waals surface area contributed by atoms with Gasteiger partial charge in [-0.25, -0.2) is 4.98 Å². The van der Waals surface area contributed by atoms with Crippen molar-refractivity contribution in [2.75, 3.05) is 0 Å². The molecular formula is C26H31NO3S. The van der Waals surface area contributed by atoms with Gasteiger partial charge in [-0.15, -0.1) is 11.3 Å². The van der Waals surface area contributed by atoms with Crippen molar-refractivity contribution >= 4 is 27.3 Å². The number of pyridine rings is 1. The molecule has 0 amide bonds. The number of aromatic nitrogens is 1. The lowest BCUT2D eigenvalue weighted by atomic mass is 9.86. The first-order chi connectivity index (χ1) is 14.7. The molecule has 0 saturated carbocycles. The first-order valence-electron chi connectivity index (χ1n) is 11.0. The Balaban J connectivity index is 2.12. The van der Waals surface area contributed by atoms with Crippen LogP contribution in [0.4, 0.5) is 0 Å². The monoisotopic (exact) mass is 437 g/mol. The summed E-state index contributed by atoms with van der Waals surface area (Å²) in [6, 6.07) is 7.93. The third kappa shape index (κ3) is 4.19. The van der Waals surface area contributed by atoms with Gasteiger partial charge >= 0.3 is 0 Å². The Labute approximate surface area is 188 Å². The van der Waals surface area contributed by atoms with Crippen molar-refractivity contribution in [3.63, 3.8) is 0 Å². The third-order valence-electron chi connectivity index (χ3n) is 5.89. The summed E-state index contributed by atoms with van der Waals surface area (Å²) >= 11 is 1.78. The van der Waals surface area contributed by atoms with Crippen LogP contribution in [0.5, 0.6) is 0 Å². The molecule has 1 N–H and O–H groups in total. The number of benzene rings is 1. The number of Topliss-reactive ketones (excluding diaryl/α,β-unsaturated/α-hetero) is 1. The van der Waals surface area contributed by atoms with E-state index in [4.69, 9.17) is 9.72 Å². The maximum absolute atomic E-state index is 12.9. The van der Waals surface area contributed by atoms with Gasteiger partial charge in [0.1, 0.15) is 10.9 Å². The average Bonchev–Trinajstić information content (AvgIpc) is 3.08. The number of hydrogen-bond acceptors (Lipinski definition) is 5. The lowest BCUT2D eigenvalue weighted by molar-refractivity contribution is -0.138. The lowest BCUT2D eigenvalue weighted by Gasteiger charge is -2.29. The quantitative estimate of drug-likeness (QED) is 0.525. The minimum Gasteiger partial charge on any atom is -0.392 e. The fourth-order valence-corrected chi connectivity index (χ4v) is 5.93. The Kier molecular flexibility index (Phi) is 6.03. The van der Waals surface area contributed by atoms with Gasteiger partial charge in [0.05, 0.1) is 12.2 Å². The number of aryl methyl sites for hydroxylation is 3. The molecule has 164 valence electrons. The van der Waals surface area contributed by atoms with E-state index in [-0.39, 0.29) is 12.4 Å². The second-order valence-corrected chi connectivity index (χ2v) is 10.5. The third-order valence-corrected chi connectivity index (χ3v) is 7.08. The van der Waals surface area contributed by atoms with Crippen molar-refractivity contribution < 1.29 is 14.6 Å². The molecule has 1 aromatic carbocycles. The van der Waals surface area contributed by atoms with E-state index < -0.39 is 11.7 Å². The van der Waals surface area contributed by atoms with E-state index in [9.17, 15) is 9.90 Å². The summed E-state index contributed by atoms with van der Waals surface area (Å²) in [6.07, 6.45) is 3.77. The molecule has 1 aliphatic rings. The van der Waals surface area contributed by atoms with Crippen LogP contribution in [0.1, 0.15) is 73.9 Å². The van der Waals surface area contributed by atoms with E-state index in [1.807, 2.05) is 52.0 Å². The summed E-state index contributed by atoms with van der Waals surface area (Å²) in [5, 5.41) is 11.3. The summed E-state index contributed by atoms with van der Waals surface area (Å²) in [4.78, 5) is 20.3. The van der Waals surface area contributed by atoms with E-state index in [1.165, 1.54) is 16.9 Å². The number of ether oxygens (including phenoxy) is 1. The normalized spacial score (nSPS) is 15.2. The summed E-state index contributed by atoms with van der Waals surface area (Å²) in [6.45, 7) is 9.41. The van der Waals surface area contributed by atoms with Gasteiger partial charge in [-0.2, -0.15) is 0 Å². The van der Waals surface area contributed by atoms with E-state index in [1.54, 1.807) is 18.3 Å². The Bertz CT molecular complexity index is 1140. The van der Waals surface area contributed by atoms with Crippen molar-refractivity contribution in [3.05, 3.63) is 51.5 Å². The minimum atomic E-state index is -0.710. The number of carbonyl (C=O) groups is 1. The molecule has 1 atom stereocenters. The first-order valence-corrected chi connectivity index (χ1v) is 11.8. The molecule has 2 aromatic heterocycles. The largest absolute Gasteiger partial charge is 0.392 e. The number of thiophene rings is 1. The van der Waals surface area contributed by atoms with Crippen molar-refractivity contribution in [2.45, 2.75) is 78.6 Å². The molecular weight excluding hydrogens is 406 g/mol. The number of aliphatic hydroxyl groups is 1. The van der Waals surface area contributed by atoms with Gasteiger partial charge in [0.15, 0.2) is 5.78 Å². The molecule has 31 heavy (non-hydrogen) atoms. The minimum absolute atomic E-state index is 0.0361. The molecule has 2 heterocycles. The smallest absolute Gasteiger partial charge is 0.163 e. The molecule has 0 bridgehead atoms.